The number of amides is 1. The van der Waals surface area contributed by atoms with Crippen LogP contribution in [-0.4, -0.2) is 40.5 Å². The third-order valence-corrected chi connectivity index (χ3v) is 6.40. The van der Waals surface area contributed by atoms with E-state index in [0.29, 0.717) is 0 Å². The SMILES string of the molecule is CC(C)C#Cc1ncc(C(=O)NS(=O)(=O)c2ccccc2S(N)(=O)=O)cc1OCCC(F)(F)F. The predicted octanol–water partition coefficient (Wildman–Crippen LogP) is 2.19. The van der Waals surface area contributed by atoms with E-state index in [1.54, 1.807) is 18.6 Å². The molecule has 1 aromatic carbocycles. The molecule has 0 radical (unpaired) electrons. The van der Waals surface area contributed by atoms with Gasteiger partial charge < -0.3 is 4.74 Å². The Kier molecular flexibility index (Phi) is 8.30. The second kappa shape index (κ2) is 10.4. The van der Waals surface area contributed by atoms with Crippen LogP contribution in [-0.2, 0) is 20.0 Å². The number of benzene rings is 1. The van der Waals surface area contributed by atoms with Crippen LogP contribution in [0.2, 0.25) is 0 Å². The smallest absolute Gasteiger partial charge is 0.392 e. The molecule has 1 aromatic heterocycles. The molecule has 1 amide bonds. The van der Waals surface area contributed by atoms with Crippen LogP contribution < -0.4 is 14.6 Å². The first-order valence-electron chi connectivity index (χ1n) is 9.50. The molecule has 0 saturated carbocycles. The molecule has 14 heteroatoms. The number of alkyl halides is 3. The number of rotatable bonds is 7. The fourth-order valence-corrected chi connectivity index (χ4v) is 4.76. The molecular formula is C20H20F3N3O6S2. The Balaban J connectivity index is 2.39. The molecule has 2 rings (SSSR count). The van der Waals surface area contributed by atoms with Gasteiger partial charge >= 0.3 is 6.18 Å². The van der Waals surface area contributed by atoms with Crippen LogP contribution in [0.5, 0.6) is 5.75 Å². The number of halogens is 3. The second-order valence-electron chi connectivity index (χ2n) is 7.13. The molecule has 0 aliphatic carbocycles. The van der Waals surface area contributed by atoms with Crippen molar-refractivity contribution in [2.24, 2.45) is 11.1 Å². The summed E-state index contributed by atoms with van der Waals surface area (Å²) >= 11 is 0. The quantitative estimate of drug-likeness (QED) is 0.533. The number of aromatic nitrogens is 1. The van der Waals surface area contributed by atoms with Crippen LogP contribution in [0.3, 0.4) is 0 Å². The van der Waals surface area contributed by atoms with Crippen molar-refractivity contribution in [1.29, 1.82) is 0 Å². The van der Waals surface area contributed by atoms with E-state index in [-0.39, 0.29) is 22.9 Å². The van der Waals surface area contributed by atoms with Crippen molar-refractivity contribution in [2.45, 2.75) is 36.2 Å². The minimum Gasteiger partial charge on any atom is -0.490 e. The summed E-state index contributed by atoms with van der Waals surface area (Å²) in [6, 6.07) is 5.34. The first-order valence-corrected chi connectivity index (χ1v) is 12.5. The molecule has 34 heavy (non-hydrogen) atoms. The lowest BCUT2D eigenvalue weighted by Crippen LogP contribution is -2.32. The summed E-state index contributed by atoms with van der Waals surface area (Å²) in [6.07, 6.45) is -4.81. The van der Waals surface area contributed by atoms with Gasteiger partial charge in [0.25, 0.3) is 15.9 Å². The number of nitrogens with two attached hydrogens (primary N) is 1. The van der Waals surface area contributed by atoms with Crippen LogP contribution in [0.1, 0.15) is 36.3 Å². The summed E-state index contributed by atoms with van der Waals surface area (Å²) in [6.45, 7) is 2.75. The molecule has 0 aliphatic rings. The number of hydrogen-bond donors (Lipinski definition) is 2. The van der Waals surface area contributed by atoms with Crippen LogP contribution in [0.4, 0.5) is 13.2 Å². The number of pyridine rings is 1. The van der Waals surface area contributed by atoms with Gasteiger partial charge in [0.15, 0.2) is 11.4 Å². The van der Waals surface area contributed by atoms with Crippen LogP contribution in [0, 0.1) is 17.8 Å². The van der Waals surface area contributed by atoms with Crippen molar-refractivity contribution >= 4 is 26.0 Å². The predicted molar refractivity (Wildman–Crippen MR) is 115 cm³/mol. The summed E-state index contributed by atoms with van der Waals surface area (Å²) in [7, 11) is -9.14. The lowest BCUT2D eigenvalue weighted by atomic mass is 10.2. The van der Waals surface area contributed by atoms with Crippen molar-refractivity contribution in [3.8, 4) is 17.6 Å². The molecule has 0 aliphatic heterocycles. The molecule has 0 bridgehead atoms. The Hall–Kier alpha value is -3.15. The summed E-state index contributed by atoms with van der Waals surface area (Å²) < 4.78 is 92.9. The van der Waals surface area contributed by atoms with E-state index in [2.05, 4.69) is 16.8 Å². The molecule has 0 saturated heterocycles. The molecule has 3 N–H and O–H groups in total. The van der Waals surface area contributed by atoms with E-state index in [1.165, 1.54) is 12.1 Å². The maximum Gasteiger partial charge on any atom is 0.392 e. The Morgan fingerprint density at radius 3 is 2.35 bits per heavy atom. The lowest BCUT2D eigenvalue weighted by Gasteiger charge is -2.12. The highest BCUT2D eigenvalue weighted by Gasteiger charge is 2.28. The number of ether oxygens (including phenoxy) is 1. The fraction of sp³-hybridized carbons (Fsp3) is 0.300. The second-order valence-corrected chi connectivity index (χ2v) is 10.3. The van der Waals surface area contributed by atoms with E-state index in [1.807, 2.05) is 0 Å². The highest BCUT2D eigenvalue weighted by atomic mass is 32.2. The summed E-state index contributed by atoms with van der Waals surface area (Å²) in [4.78, 5) is 15.0. The largest absolute Gasteiger partial charge is 0.490 e. The third kappa shape index (κ3) is 7.72. The van der Waals surface area contributed by atoms with Crippen molar-refractivity contribution in [3.05, 3.63) is 47.8 Å². The normalized spacial score (nSPS) is 12.1. The average molecular weight is 520 g/mol. The molecule has 0 fully saturated rings. The van der Waals surface area contributed by atoms with Gasteiger partial charge in [-0.15, -0.1) is 0 Å². The summed E-state index contributed by atoms with van der Waals surface area (Å²) in [5, 5.41) is 5.04. The van der Waals surface area contributed by atoms with Gasteiger partial charge in [0, 0.05) is 12.1 Å². The molecule has 2 aromatic rings. The highest BCUT2D eigenvalue weighted by molar-refractivity contribution is 7.92. The summed E-state index contributed by atoms with van der Waals surface area (Å²) in [5.74, 6) is 3.79. The Morgan fingerprint density at radius 1 is 1.18 bits per heavy atom. The minimum atomic E-state index is -4.71. The average Bonchev–Trinajstić information content (AvgIpc) is 2.70. The number of nitrogens with one attached hydrogen (secondary N) is 1. The minimum absolute atomic E-state index is 0.0464. The highest BCUT2D eigenvalue weighted by Crippen LogP contribution is 2.23. The van der Waals surface area contributed by atoms with E-state index in [9.17, 15) is 34.8 Å². The number of sulfonamides is 2. The maximum absolute atomic E-state index is 12.6. The van der Waals surface area contributed by atoms with Crippen molar-refractivity contribution in [2.75, 3.05) is 6.61 Å². The van der Waals surface area contributed by atoms with Gasteiger partial charge in [0.2, 0.25) is 10.0 Å². The zero-order valence-corrected chi connectivity index (χ0v) is 19.5. The maximum atomic E-state index is 12.6. The Morgan fingerprint density at radius 2 is 1.79 bits per heavy atom. The number of primary sulfonamides is 1. The van der Waals surface area contributed by atoms with E-state index in [4.69, 9.17) is 9.88 Å². The van der Waals surface area contributed by atoms with Gasteiger partial charge in [-0.05, 0) is 24.1 Å². The number of carbonyl (C=O) groups excluding carboxylic acids is 1. The molecule has 0 spiro atoms. The van der Waals surface area contributed by atoms with Crippen molar-refractivity contribution in [1.82, 2.24) is 9.71 Å². The molecule has 1 heterocycles. The molecule has 0 atom stereocenters. The number of carbonyl (C=O) groups is 1. The zero-order chi connectivity index (χ0) is 25.7. The number of hydrogen-bond acceptors (Lipinski definition) is 7. The third-order valence-electron chi connectivity index (χ3n) is 3.91. The first kappa shape index (κ1) is 27.1. The molecule has 9 nitrogen and oxygen atoms in total. The van der Waals surface area contributed by atoms with Crippen LogP contribution >= 0.6 is 0 Å². The van der Waals surface area contributed by atoms with Gasteiger partial charge in [0.05, 0.1) is 18.6 Å². The molecule has 0 unspecified atom stereocenters. The van der Waals surface area contributed by atoms with Crippen molar-refractivity contribution < 1.29 is 39.5 Å². The first-order chi connectivity index (χ1) is 15.6. The fourth-order valence-electron chi connectivity index (χ4n) is 2.41. The van der Waals surface area contributed by atoms with E-state index in [0.717, 1.165) is 24.4 Å². The summed E-state index contributed by atoms with van der Waals surface area (Å²) in [5.41, 5.74) is -0.427. The van der Waals surface area contributed by atoms with Gasteiger partial charge in [-0.1, -0.05) is 31.9 Å². The van der Waals surface area contributed by atoms with Gasteiger partial charge in [-0.3, -0.25) is 4.79 Å². The lowest BCUT2D eigenvalue weighted by molar-refractivity contribution is -0.139. The monoisotopic (exact) mass is 519 g/mol. The number of nitrogens with zero attached hydrogens (tertiary/aromatic N) is 1. The van der Waals surface area contributed by atoms with Crippen LogP contribution in [0.25, 0.3) is 0 Å². The Labute approximate surface area is 194 Å². The molecule has 184 valence electrons. The van der Waals surface area contributed by atoms with Crippen molar-refractivity contribution in [3.63, 3.8) is 0 Å². The standard InChI is InChI=1S/C20H20F3N3O6S2/c1-13(2)7-8-15-16(32-10-9-20(21,22)23)11-14(12-25-15)19(27)26-34(30,31)18-6-4-3-5-17(18)33(24,28)29/h3-6,11-13H,9-10H2,1-2H3,(H,26,27)(H2,24,28,29). The zero-order valence-electron chi connectivity index (χ0n) is 17.9. The van der Waals surface area contributed by atoms with E-state index < -0.39 is 54.9 Å². The van der Waals surface area contributed by atoms with Gasteiger partial charge in [-0.2, -0.15) is 13.2 Å². The Bertz CT molecular complexity index is 1350. The molecular weight excluding hydrogens is 499 g/mol. The van der Waals surface area contributed by atoms with Gasteiger partial charge in [-0.25, -0.2) is 31.7 Å². The topological polar surface area (TPSA) is 146 Å². The van der Waals surface area contributed by atoms with Gasteiger partial charge in [0.1, 0.15) is 9.79 Å². The van der Waals surface area contributed by atoms with Crippen LogP contribution in [0.15, 0.2) is 46.3 Å². The van der Waals surface area contributed by atoms with E-state index >= 15 is 0 Å².